The summed E-state index contributed by atoms with van der Waals surface area (Å²) in [7, 11) is -3.62. The minimum Gasteiger partial charge on any atom is -0.207 e. The third kappa shape index (κ3) is 3.55. The van der Waals surface area contributed by atoms with Gasteiger partial charge in [0.1, 0.15) is 0 Å². The minimum absolute atomic E-state index is 0.263. The van der Waals surface area contributed by atoms with Gasteiger partial charge in [0.05, 0.1) is 10.9 Å². The molecule has 122 valence electrons. The first kappa shape index (κ1) is 16.4. The van der Waals surface area contributed by atoms with E-state index in [1.54, 1.807) is 30.3 Å². The van der Waals surface area contributed by atoms with Crippen LogP contribution in [0.15, 0.2) is 89.8 Å². The van der Waals surface area contributed by atoms with Gasteiger partial charge < -0.3 is 0 Å². The fraction of sp³-hybridized carbons (Fsp3) is 0.100. The van der Waals surface area contributed by atoms with Gasteiger partial charge in [-0.3, -0.25) is 0 Å². The van der Waals surface area contributed by atoms with Gasteiger partial charge in [-0.25, -0.2) is 8.42 Å². The number of sulfonamides is 1. The highest BCUT2D eigenvalue weighted by Gasteiger charge is 2.23. The van der Waals surface area contributed by atoms with E-state index in [1.807, 2.05) is 61.5 Å². The lowest BCUT2D eigenvalue weighted by atomic mass is 9.96. The van der Waals surface area contributed by atoms with Crippen molar-refractivity contribution < 1.29 is 8.42 Å². The highest BCUT2D eigenvalue weighted by molar-refractivity contribution is 7.89. The van der Waals surface area contributed by atoms with E-state index in [2.05, 4.69) is 4.72 Å². The first-order valence-corrected chi connectivity index (χ1v) is 9.24. The van der Waals surface area contributed by atoms with Crippen molar-refractivity contribution in [3.8, 4) is 0 Å². The maximum atomic E-state index is 12.8. The second kappa shape index (κ2) is 6.99. The summed E-state index contributed by atoms with van der Waals surface area (Å²) in [6, 6.07) is 25.5. The molecule has 0 radical (unpaired) electrons. The zero-order chi connectivity index (χ0) is 17.0. The number of hydrogen-bond acceptors (Lipinski definition) is 2. The number of aryl methyl sites for hydroxylation is 1. The van der Waals surface area contributed by atoms with Crippen molar-refractivity contribution >= 4 is 10.0 Å². The average Bonchev–Trinajstić information content (AvgIpc) is 2.62. The lowest BCUT2D eigenvalue weighted by Crippen LogP contribution is -2.29. The zero-order valence-electron chi connectivity index (χ0n) is 13.4. The Morgan fingerprint density at radius 3 is 1.92 bits per heavy atom. The van der Waals surface area contributed by atoms with Gasteiger partial charge in [0.15, 0.2) is 0 Å². The minimum atomic E-state index is -3.62. The van der Waals surface area contributed by atoms with Crippen molar-refractivity contribution in [1.29, 1.82) is 0 Å². The Hall–Kier alpha value is -2.43. The molecule has 0 bridgehead atoms. The number of hydrogen-bond donors (Lipinski definition) is 1. The van der Waals surface area contributed by atoms with Crippen LogP contribution in [-0.4, -0.2) is 8.42 Å². The van der Waals surface area contributed by atoms with Crippen LogP contribution in [0.3, 0.4) is 0 Å². The second-order valence-corrected chi connectivity index (χ2v) is 7.35. The maximum Gasteiger partial charge on any atom is 0.241 e. The van der Waals surface area contributed by atoms with Crippen LogP contribution in [0.4, 0.5) is 0 Å². The molecule has 0 aliphatic rings. The summed E-state index contributed by atoms with van der Waals surface area (Å²) >= 11 is 0. The highest BCUT2D eigenvalue weighted by atomic mass is 32.2. The van der Waals surface area contributed by atoms with Gasteiger partial charge in [-0.1, -0.05) is 72.8 Å². The molecule has 0 heterocycles. The molecule has 3 aromatic carbocycles. The summed E-state index contributed by atoms with van der Waals surface area (Å²) in [6.45, 7) is 1.99. The molecule has 0 amide bonds. The second-order valence-electron chi connectivity index (χ2n) is 5.63. The Kier molecular flexibility index (Phi) is 4.79. The average molecular weight is 337 g/mol. The van der Waals surface area contributed by atoms with Crippen molar-refractivity contribution in [2.24, 2.45) is 0 Å². The van der Waals surface area contributed by atoms with Crippen molar-refractivity contribution in [2.45, 2.75) is 17.9 Å². The normalized spacial score (nSPS) is 12.7. The molecule has 0 saturated carbocycles. The topological polar surface area (TPSA) is 46.2 Å². The molecule has 0 aliphatic carbocycles. The van der Waals surface area contributed by atoms with E-state index in [1.165, 1.54) is 0 Å². The van der Waals surface area contributed by atoms with E-state index in [0.29, 0.717) is 0 Å². The molecule has 0 aromatic heterocycles. The summed E-state index contributed by atoms with van der Waals surface area (Å²) in [6.07, 6.45) is 0. The Morgan fingerprint density at radius 2 is 1.29 bits per heavy atom. The molecular formula is C20H19NO2S. The summed E-state index contributed by atoms with van der Waals surface area (Å²) in [5, 5.41) is 0. The predicted molar refractivity (Wildman–Crippen MR) is 96.2 cm³/mol. The van der Waals surface area contributed by atoms with Crippen LogP contribution in [0.1, 0.15) is 22.7 Å². The molecule has 3 rings (SSSR count). The first-order valence-electron chi connectivity index (χ1n) is 7.76. The standard InChI is InChI=1S/C20H19NO2S/c1-16-10-8-9-15-19(16)20(17-11-4-2-5-12-17)21-24(22,23)18-13-6-3-7-14-18/h2-15,20-21H,1H3/t20-/m1/s1. The predicted octanol–water partition coefficient (Wildman–Crippen LogP) is 4.06. The molecule has 0 fully saturated rings. The van der Waals surface area contributed by atoms with Crippen LogP contribution in [0.25, 0.3) is 0 Å². The quantitative estimate of drug-likeness (QED) is 0.763. The Bertz CT molecular complexity index is 907. The molecule has 3 aromatic rings. The van der Waals surface area contributed by atoms with Gasteiger partial charge in [-0.15, -0.1) is 0 Å². The molecular weight excluding hydrogens is 318 g/mol. The van der Waals surface area contributed by atoms with Crippen LogP contribution < -0.4 is 4.72 Å². The Labute approximate surface area is 143 Å². The van der Waals surface area contributed by atoms with E-state index in [9.17, 15) is 8.42 Å². The lowest BCUT2D eigenvalue weighted by Gasteiger charge is -2.21. The van der Waals surface area contributed by atoms with Crippen molar-refractivity contribution in [1.82, 2.24) is 4.72 Å². The van der Waals surface area contributed by atoms with Crippen LogP contribution in [-0.2, 0) is 10.0 Å². The van der Waals surface area contributed by atoms with Crippen LogP contribution in [0.5, 0.6) is 0 Å². The van der Waals surface area contributed by atoms with E-state index in [0.717, 1.165) is 16.7 Å². The number of nitrogens with one attached hydrogen (secondary N) is 1. The van der Waals surface area contributed by atoms with E-state index < -0.39 is 16.1 Å². The monoisotopic (exact) mass is 337 g/mol. The van der Waals surface area contributed by atoms with Gasteiger partial charge in [0.25, 0.3) is 0 Å². The molecule has 0 unspecified atom stereocenters. The van der Waals surface area contributed by atoms with Gasteiger partial charge in [0, 0.05) is 0 Å². The van der Waals surface area contributed by atoms with Crippen LogP contribution >= 0.6 is 0 Å². The Morgan fingerprint density at radius 1 is 0.750 bits per heavy atom. The third-order valence-corrected chi connectivity index (χ3v) is 5.40. The van der Waals surface area contributed by atoms with E-state index in [4.69, 9.17) is 0 Å². The SMILES string of the molecule is Cc1ccccc1[C@H](NS(=O)(=O)c1ccccc1)c1ccccc1. The number of rotatable bonds is 5. The smallest absolute Gasteiger partial charge is 0.207 e. The molecule has 1 atom stereocenters. The molecule has 0 aliphatic heterocycles. The van der Waals surface area contributed by atoms with Crippen molar-refractivity contribution in [3.63, 3.8) is 0 Å². The van der Waals surface area contributed by atoms with Gasteiger partial charge in [-0.2, -0.15) is 4.72 Å². The lowest BCUT2D eigenvalue weighted by molar-refractivity contribution is 0.572. The fourth-order valence-electron chi connectivity index (χ4n) is 2.69. The highest BCUT2D eigenvalue weighted by Crippen LogP contribution is 2.26. The fourth-order valence-corrected chi connectivity index (χ4v) is 3.91. The molecule has 1 N–H and O–H groups in total. The van der Waals surface area contributed by atoms with E-state index in [-0.39, 0.29) is 4.90 Å². The summed E-state index contributed by atoms with van der Waals surface area (Å²) < 4.78 is 28.4. The number of benzene rings is 3. The summed E-state index contributed by atoms with van der Waals surface area (Å²) in [5.41, 5.74) is 2.90. The molecule has 3 nitrogen and oxygen atoms in total. The Balaban J connectivity index is 2.05. The molecule has 0 spiro atoms. The molecule has 4 heteroatoms. The van der Waals surface area contributed by atoms with Gasteiger partial charge >= 0.3 is 0 Å². The summed E-state index contributed by atoms with van der Waals surface area (Å²) in [4.78, 5) is 0.263. The first-order chi connectivity index (χ1) is 11.6. The molecule has 24 heavy (non-hydrogen) atoms. The van der Waals surface area contributed by atoms with Crippen molar-refractivity contribution in [2.75, 3.05) is 0 Å². The molecule has 0 saturated heterocycles. The maximum absolute atomic E-state index is 12.8. The zero-order valence-corrected chi connectivity index (χ0v) is 14.2. The third-order valence-electron chi connectivity index (χ3n) is 3.96. The van der Waals surface area contributed by atoms with Crippen molar-refractivity contribution in [3.05, 3.63) is 102 Å². The van der Waals surface area contributed by atoms with E-state index >= 15 is 0 Å². The van der Waals surface area contributed by atoms with Gasteiger partial charge in [-0.05, 0) is 35.7 Å². The largest absolute Gasteiger partial charge is 0.241 e. The van der Waals surface area contributed by atoms with Gasteiger partial charge in [0.2, 0.25) is 10.0 Å². The summed E-state index contributed by atoms with van der Waals surface area (Å²) in [5.74, 6) is 0. The van der Waals surface area contributed by atoms with Crippen LogP contribution in [0.2, 0.25) is 0 Å². The van der Waals surface area contributed by atoms with Crippen LogP contribution in [0, 0.1) is 6.92 Å².